The number of nitrogens with zero attached hydrogens (tertiary/aromatic N) is 2. The van der Waals surface area contributed by atoms with Crippen molar-refractivity contribution in [1.29, 1.82) is 0 Å². The average Bonchev–Trinajstić information content (AvgIpc) is 2.52. The quantitative estimate of drug-likeness (QED) is 0.690. The summed E-state index contributed by atoms with van der Waals surface area (Å²) in [5.41, 5.74) is -0.486. The zero-order valence-electron chi connectivity index (χ0n) is 7.92. The molecule has 68 valence electrons. The summed E-state index contributed by atoms with van der Waals surface area (Å²) in [6.45, 7) is 5.76. The number of hydrogen-bond donors (Lipinski definition) is 0. The lowest BCUT2D eigenvalue weighted by Crippen LogP contribution is -2.19. The highest BCUT2D eigenvalue weighted by Gasteiger charge is 2.26. The average molecular weight is 170 g/mol. The minimum absolute atomic E-state index is 0.486. The lowest BCUT2D eigenvalue weighted by Gasteiger charge is -2.16. The Morgan fingerprint density at radius 2 is 2.17 bits per heavy atom. The number of rotatable bonds is 3. The second kappa shape index (κ2) is 3.23. The molecule has 12 heavy (non-hydrogen) atoms. The van der Waals surface area contributed by atoms with Crippen LogP contribution in [0.2, 0.25) is 0 Å². The van der Waals surface area contributed by atoms with Crippen molar-refractivity contribution >= 4 is 0 Å². The molecule has 1 aromatic rings. The van der Waals surface area contributed by atoms with Crippen LogP contribution in [0.4, 0.5) is 0 Å². The molecule has 0 saturated carbocycles. The van der Waals surface area contributed by atoms with Crippen LogP contribution in [0, 0.1) is 0 Å². The van der Waals surface area contributed by atoms with Crippen LogP contribution in [0.1, 0.15) is 32.5 Å². The predicted octanol–water partition coefficient (Wildman–Crippen LogP) is 1.51. The van der Waals surface area contributed by atoms with Crippen molar-refractivity contribution in [1.82, 2.24) is 10.1 Å². The Bertz CT molecular complexity index is 255. The van der Waals surface area contributed by atoms with Gasteiger partial charge < -0.3 is 9.26 Å². The highest BCUT2D eigenvalue weighted by molar-refractivity contribution is 4.95. The minimum atomic E-state index is -0.486. The maximum absolute atomic E-state index is 5.19. The van der Waals surface area contributed by atoms with Gasteiger partial charge in [-0.2, -0.15) is 4.98 Å². The molecule has 0 fully saturated rings. The van der Waals surface area contributed by atoms with E-state index in [0.717, 1.165) is 12.2 Å². The van der Waals surface area contributed by atoms with Gasteiger partial charge in [0.2, 0.25) is 0 Å². The molecule has 0 aliphatic carbocycles. The first-order chi connectivity index (χ1) is 5.60. The fourth-order valence-corrected chi connectivity index (χ4v) is 0.729. The molecule has 0 amide bonds. The first kappa shape index (κ1) is 9.19. The second-order valence-corrected chi connectivity index (χ2v) is 3.08. The monoisotopic (exact) mass is 170 g/mol. The molecule has 4 heteroatoms. The number of methoxy groups -OCH3 is 1. The lowest BCUT2D eigenvalue weighted by atomic mass is 10.1. The largest absolute Gasteiger partial charge is 0.369 e. The van der Waals surface area contributed by atoms with Gasteiger partial charge in [0.05, 0.1) is 0 Å². The summed E-state index contributed by atoms with van der Waals surface area (Å²) in [4.78, 5) is 4.17. The molecule has 0 N–H and O–H groups in total. The van der Waals surface area contributed by atoms with Crippen LogP contribution in [0.15, 0.2) is 4.52 Å². The van der Waals surface area contributed by atoms with Crippen LogP contribution in [0.3, 0.4) is 0 Å². The van der Waals surface area contributed by atoms with Gasteiger partial charge in [0.1, 0.15) is 5.60 Å². The molecule has 0 saturated heterocycles. The summed E-state index contributed by atoms with van der Waals surface area (Å²) in [5, 5.41) is 3.78. The third-order valence-electron chi connectivity index (χ3n) is 1.81. The van der Waals surface area contributed by atoms with Gasteiger partial charge in [-0.1, -0.05) is 12.1 Å². The third kappa shape index (κ3) is 1.64. The third-order valence-corrected chi connectivity index (χ3v) is 1.81. The fraction of sp³-hybridized carbons (Fsp3) is 0.750. The van der Waals surface area contributed by atoms with E-state index < -0.39 is 5.60 Å². The fourth-order valence-electron chi connectivity index (χ4n) is 0.729. The van der Waals surface area contributed by atoms with Crippen LogP contribution in [0.5, 0.6) is 0 Å². The van der Waals surface area contributed by atoms with Crippen LogP contribution in [0.25, 0.3) is 0 Å². The summed E-state index contributed by atoms with van der Waals surface area (Å²) in [7, 11) is 1.62. The normalized spacial score (nSPS) is 12.0. The molecule has 0 aliphatic rings. The van der Waals surface area contributed by atoms with Crippen molar-refractivity contribution in [2.24, 2.45) is 0 Å². The van der Waals surface area contributed by atoms with Crippen LogP contribution < -0.4 is 0 Å². The Morgan fingerprint density at radius 3 is 2.58 bits per heavy atom. The first-order valence-corrected chi connectivity index (χ1v) is 3.98. The number of ether oxygens (including phenoxy) is 1. The summed E-state index contributed by atoms with van der Waals surface area (Å²) in [6, 6.07) is 0. The Balaban J connectivity index is 2.88. The predicted molar refractivity (Wildman–Crippen MR) is 43.7 cm³/mol. The standard InChI is InChI=1S/C8H14N2O2/c1-5-6-9-7(12-10-6)8(2,3)11-4/h5H2,1-4H3. The second-order valence-electron chi connectivity index (χ2n) is 3.08. The van der Waals surface area contributed by atoms with Crippen molar-refractivity contribution in [3.05, 3.63) is 11.7 Å². The van der Waals surface area contributed by atoms with E-state index in [-0.39, 0.29) is 0 Å². The van der Waals surface area contributed by atoms with E-state index in [2.05, 4.69) is 10.1 Å². The van der Waals surface area contributed by atoms with Crippen LogP contribution >= 0.6 is 0 Å². The SMILES string of the molecule is CCc1noc(C(C)(C)OC)n1. The molecule has 0 atom stereocenters. The van der Waals surface area contributed by atoms with Crippen LogP contribution in [-0.4, -0.2) is 17.3 Å². The molecular weight excluding hydrogens is 156 g/mol. The van der Waals surface area contributed by atoms with Gasteiger partial charge in [0.15, 0.2) is 5.82 Å². The molecule has 4 nitrogen and oxygen atoms in total. The smallest absolute Gasteiger partial charge is 0.258 e. The van der Waals surface area contributed by atoms with E-state index in [1.807, 2.05) is 20.8 Å². The number of aromatic nitrogens is 2. The van der Waals surface area contributed by atoms with E-state index in [1.54, 1.807) is 7.11 Å². The van der Waals surface area contributed by atoms with Crippen molar-refractivity contribution in [3.63, 3.8) is 0 Å². The molecule has 1 aromatic heterocycles. The zero-order valence-corrected chi connectivity index (χ0v) is 7.92. The Morgan fingerprint density at radius 1 is 1.50 bits per heavy atom. The summed E-state index contributed by atoms with van der Waals surface area (Å²) in [6.07, 6.45) is 0.781. The molecule has 1 heterocycles. The minimum Gasteiger partial charge on any atom is -0.369 e. The molecular formula is C8H14N2O2. The van der Waals surface area contributed by atoms with Crippen molar-refractivity contribution < 1.29 is 9.26 Å². The maximum Gasteiger partial charge on any atom is 0.258 e. The van der Waals surface area contributed by atoms with Crippen LogP contribution in [-0.2, 0) is 16.8 Å². The van der Waals surface area contributed by atoms with Gasteiger partial charge in [-0.25, -0.2) is 0 Å². The molecule has 0 aliphatic heterocycles. The van der Waals surface area contributed by atoms with Gasteiger partial charge in [-0.3, -0.25) is 0 Å². The van der Waals surface area contributed by atoms with Gasteiger partial charge in [0.25, 0.3) is 5.89 Å². The van der Waals surface area contributed by atoms with E-state index >= 15 is 0 Å². The van der Waals surface area contributed by atoms with E-state index in [0.29, 0.717) is 5.89 Å². The van der Waals surface area contributed by atoms with E-state index in [1.165, 1.54) is 0 Å². The van der Waals surface area contributed by atoms with Gasteiger partial charge in [-0.15, -0.1) is 0 Å². The Labute approximate surface area is 71.9 Å². The van der Waals surface area contributed by atoms with Crippen molar-refractivity contribution in [2.45, 2.75) is 32.8 Å². The molecule has 0 unspecified atom stereocenters. The van der Waals surface area contributed by atoms with Gasteiger partial charge in [-0.05, 0) is 13.8 Å². The molecule has 0 aromatic carbocycles. The number of aryl methyl sites for hydroxylation is 1. The molecule has 1 rings (SSSR count). The lowest BCUT2D eigenvalue weighted by molar-refractivity contribution is -0.00786. The van der Waals surface area contributed by atoms with Gasteiger partial charge >= 0.3 is 0 Å². The van der Waals surface area contributed by atoms with E-state index in [4.69, 9.17) is 9.26 Å². The van der Waals surface area contributed by atoms with Gasteiger partial charge in [0, 0.05) is 13.5 Å². The Hall–Kier alpha value is -0.900. The van der Waals surface area contributed by atoms with Crippen molar-refractivity contribution in [3.8, 4) is 0 Å². The molecule has 0 spiro atoms. The summed E-state index contributed by atoms with van der Waals surface area (Å²) >= 11 is 0. The first-order valence-electron chi connectivity index (χ1n) is 3.98. The van der Waals surface area contributed by atoms with E-state index in [9.17, 15) is 0 Å². The molecule has 0 bridgehead atoms. The topological polar surface area (TPSA) is 48.2 Å². The Kier molecular flexibility index (Phi) is 2.47. The summed E-state index contributed by atoms with van der Waals surface area (Å²) < 4.78 is 10.2. The zero-order chi connectivity index (χ0) is 9.19. The summed E-state index contributed by atoms with van der Waals surface area (Å²) in [5.74, 6) is 1.25. The highest BCUT2D eigenvalue weighted by Crippen LogP contribution is 2.21. The molecule has 0 radical (unpaired) electrons. The highest BCUT2D eigenvalue weighted by atomic mass is 16.5. The maximum atomic E-state index is 5.19. The number of hydrogen-bond acceptors (Lipinski definition) is 4. The van der Waals surface area contributed by atoms with Crippen molar-refractivity contribution in [2.75, 3.05) is 7.11 Å².